The summed E-state index contributed by atoms with van der Waals surface area (Å²) in [5.41, 5.74) is 2.53. The van der Waals surface area contributed by atoms with Crippen molar-refractivity contribution in [3.05, 3.63) is 54.1 Å². The fourth-order valence-corrected chi connectivity index (χ4v) is 2.79. The second kappa shape index (κ2) is 12.0. The summed E-state index contributed by atoms with van der Waals surface area (Å²) in [5, 5.41) is 0. The Bertz CT molecular complexity index is 732. The molecule has 0 atom stereocenters. The number of hydrogen-bond donors (Lipinski definition) is 0. The van der Waals surface area contributed by atoms with Crippen LogP contribution in [0.4, 0.5) is 0 Å². The minimum atomic E-state index is -0.291. The summed E-state index contributed by atoms with van der Waals surface area (Å²) in [4.78, 5) is 23.8. The van der Waals surface area contributed by atoms with E-state index in [1.54, 1.807) is 24.3 Å². The van der Waals surface area contributed by atoms with Crippen molar-refractivity contribution in [2.45, 2.75) is 58.8 Å². The van der Waals surface area contributed by atoms with Crippen LogP contribution in [0.2, 0.25) is 0 Å². The highest BCUT2D eigenvalue weighted by molar-refractivity contribution is 5.90. The molecule has 0 radical (unpaired) electrons. The van der Waals surface area contributed by atoms with Crippen LogP contribution in [0.25, 0.3) is 11.1 Å². The van der Waals surface area contributed by atoms with Crippen molar-refractivity contribution in [1.82, 2.24) is 0 Å². The number of unbranched alkanes of at least 4 members (excludes halogenated alkanes) is 4. The molecule has 0 saturated carbocycles. The van der Waals surface area contributed by atoms with Gasteiger partial charge in [0.1, 0.15) is 5.75 Å². The molecule has 0 heterocycles. The lowest BCUT2D eigenvalue weighted by Gasteiger charge is -2.07. The Labute approximate surface area is 167 Å². The van der Waals surface area contributed by atoms with E-state index in [9.17, 15) is 9.59 Å². The highest BCUT2D eigenvalue weighted by atomic mass is 16.5. The van der Waals surface area contributed by atoms with Crippen molar-refractivity contribution < 1.29 is 19.1 Å². The van der Waals surface area contributed by atoms with Gasteiger partial charge >= 0.3 is 11.9 Å². The largest absolute Gasteiger partial charge is 0.462 e. The van der Waals surface area contributed by atoms with Crippen LogP contribution in [0.1, 0.15) is 69.2 Å². The van der Waals surface area contributed by atoms with E-state index in [0.29, 0.717) is 24.3 Å². The molecule has 150 valence electrons. The van der Waals surface area contributed by atoms with Crippen LogP contribution in [0, 0.1) is 0 Å². The zero-order valence-corrected chi connectivity index (χ0v) is 16.9. The predicted octanol–water partition coefficient (Wildman–Crippen LogP) is 6.19. The van der Waals surface area contributed by atoms with Crippen LogP contribution in [-0.2, 0) is 9.53 Å². The van der Waals surface area contributed by atoms with Crippen molar-refractivity contribution in [2.24, 2.45) is 0 Å². The predicted molar refractivity (Wildman–Crippen MR) is 111 cm³/mol. The molecule has 0 aliphatic rings. The minimum Gasteiger partial charge on any atom is -0.462 e. The van der Waals surface area contributed by atoms with E-state index < -0.39 is 0 Å². The summed E-state index contributed by atoms with van der Waals surface area (Å²) in [7, 11) is 0. The molecule has 2 aromatic carbocycles. The van der Waals surface area contributed by atoms with Gasteiger partial charge in [0.05, 0.1) is 12.2 Å². The van der Waals surface area contributed by atoms with Crippen LogP contribution in [0.15, 0.2) is 48.5 Å². The molecule has 0 aliphatic heterocycles. The van der Waals surface area contributed by atoms with E-state index in [1.165, 1.54) is 0 Å². The first-order chi connectivity index (χ1) is 13.6. The van der Waals surface area contributed by atoms with E-state index in [4.69, 9.17) is 9.47 Å². The Kier molecular flexibility index (Phi) is 9.26. The normalized spacial score (nSPS) is 10.5. The lowest BCUT2D eigenvalue weighted by Crippen LogP contribution is -2.07. The Balaban J connectivity index is 1.88. The number of esters is 2. The first kappa shape index (κ1) is 21.7. The molecule has 0 aromatic heterocycles. The highest BCUT2D eigenvalue weighted by Gasteiger charge is 2.08. The van der Waals surface area contributed by atoms with Gasteiger partial charge in [0.15, 0.2) is 0 Å². The van der Waals surface area contributed by atoms with Gasteiger partial charge in [-0.3, -0.25) is 4.79 Å². The molecule has 2 aromatic rings. The maximum atomic E-state index is 12.0. The number of carbonyl (C=O) groups excluding carboxylic acids is 2. The number of ether oxygens (including phenoxy) is 2. The van der Waals surface area contributed by atoms with E-state index in [1.807, 2.05) is 24.3 Å². The topological polar surface area (TPSA) is 52.6 Å². The Morgan fingerprint density at radius 3 is 1.96 bits per heavy atom. The first-order valence-corrected chi connectivity index (χ1v) is 10.2. The summed E-state index contributed by atoms with van der Waals surface area (Å²) in [6.07, 6.45) is 6.56. The molecule has 0 N–H and O–H groups in total. The van der Waals surface area contributed by atoms with Crippen LogP contribution >= 0.6 is 0 Å². The second-order valence-corrected chi connectivity index (χ2v) is 6.88. The van der Waals surface area contributed by atoms with Crippen LogP contribution in [0.5, 0.6) is 5.75 Å². The number of carbonyl (C=O) groups is 2. The summed E-state index contributed by atoms with van der Waals surface area (Å²) in [6.45, 7) is 4.66. The van der Waals surface area contributed by atoms with Crippen molar-refractivity contribution in [3.8, 4) is 16.9 Å². The monoisotopic (exact) mass is 382 g/mol. The second-order valence-electron chi connectivity index (χ2n) is 6.88. The molecule has 0 spiro atoms. The molecule has 4 heteroatoms. The molecule has 28 heavy (non-hydrogen) atoms. The Hall–Kier alpha value is -2.62. The summed E-state index contributed by atoms with van der Waals surface area (Å²) < 4.78 is 10.6. The lowest BCUT2D eigenvalue weighted by atomic mass is 10.0. The van der Waals surface area contributed by atoms with E-state index in [-0.39, 0.29) is 11.9 Å². The van der Waals surface area contributed by atoms with Gasteiger partial charge < -0.3 is 9.47 Å². The standard InChI is InChI=1S/C24H30O4/c1-3-5-7-8-9-23(25)28-22-16-14-20(15-17-22)19-10-12-21(13-11-19)24(26)27-18-6-4-2/h10-17H,3-9,18H2,1-2H3. The highest BCUT2D eigenvalue weighted by Crippen LogP contribution is 2.23. The average molecular weight is 383 g/mol. The third-order valence-corrected chi connectivity index (χ3v) is 4.51. The van der Waals surface area contributed by atoms with Gasteiger partial charge in [0.25, 0.3) is 0 Å². The van der Waals surface area contributed by atoms with Crippen LogP contribution in [-0.4, -0.2) is 18.5 Å². The zero-order chi connectivity index (χ0) is 20.2. The van der Waals surface area contributed by atoms with Crippen molar-refractivity contribution >= 4 is 11.9 Å². The van der Waals surface area contributed by atoms with E-state index in [2.05, 4.69) is 13.8 Å². The third kappa shape index (κ3) is 7.18. The van der Waals surface area contributed by atoms with E-state index >= 15 is 0 Å². The summed E-state index contributed by atoms with van der Waals surface area (Å²) in [6, 6.07) is 14.7. The van der Waals surface area contributed by atoms with Gasteiger partial charge in [0, 0.05) is 6.42 Å². The number of hydrogen-bond acceptors (Lipinski definition) is 4. The van der Waals surface area contributed by atoms with Gasteiger partial charge in [-0.25, -0.2) is 4.79 Å². The molecule has 0 aliphatic carbocycles. The molecular weight excluding hydrogens is 352 g/mol. The quantitative estimate of drug-likeness (QED) is 0.264. The number of benzene rings is 2. The van der Waals surface area contributed by atoms with Gasteiger partial charge in [0.2, 0.25) is 0 Å². The van der Waals surface area contributed by atoms with Gasteiger partial charge in [-0.15, -0.1) is 0 Å². The molecule has 0 bridgehead atoms. The molecule has 0 unspecified atom stereocenters. The average Bonchev–Trinajstić information content (AvgIpc) is 2.72. The molecule has 0 fully saturated rings. The maximum absolute atomic E-state index is 12.0. The van der Waals surface area contributed by atoms with Crippen molar-refractivity contribution in [2.75, 3.05) is 6.61 Å². The Morgan fingerprint density at radius 1 is 0.750 bits per heavy atom. The fourth-order valence-electron chi connectivity index (χ4n) is 2.79. The summed E-state index contributed by atoms with van der Waals surface area (Å²) >= 11 is 0. The van der Waals surface area contributed by atoms with Crippen molar-refractivity contribution in [1.29, 1.82) is 0 Å². The first-order valence-electron chi connectivity index (χ1n) is 10.2. The van der Waals surface area contributed by atoms with Crippen LogP contribution in [0.3, 0.4) is 0 Å². The maximum Gasteiger partial charge on any atom is 0.338 e. The van der Waals surface area contributed by atoms with Gasteiger partial charge in [-0.2, -0.15) is 0 Å². The molecule has 0 amide bonds. The molecular formula is C24H30O4. The molecule has 2 rings (SSSR count). The fraction of sp³-hybridized carbons (Fsp3) is 0.417. The molecule has 4 nitrogen and oxygen atoms in total. The number of rotatable bonds is 11. The lowest BCUT2D eigenvalue weighted by molar-refractivity contribution is -0.134. The van der Waals surface area contributed by atoms with Gasteiger partial charge in [-0.05, 0) is 48.2 Å². The van der Waals surface area contributed by atoms with Crippen molar-refractivity contribution in [3.63, 3.8) is 0 Å². The smallest absolute Gasteiger partial charge is 0.338 e. The van der Waals surface area contributed by atoms with Crippen LogP contribution < -0.4 is 4.74 Å². The van der Waals surface area contributed by atoms with E-state index in [0.717, 1.165) is 49.7 Å². The molecule has 0 saturated heterocycles. The zero-order valence-electron chi connectivity index (χ0n) is 16.9. The van der Waals surface area contributed by atoms with Gasteiger partial charge in [-0.1, -0.05) is 63.8 Å². The minimum absolute atomic E-state index is 0.185. The SMILES string of the molecule is CCCCCCC(=O)Oc1ccc(-c2ccc(C(=O)OCCCC)cc2)cc1. The Morgan fingerprint density at radius 2 is 1.36 bits per heavy atom. The summed E-state index contributed by atoms with van der Waals surface area (Å²) in [5.74, 6) is 0.0800. The third-order valence-electron chi connectivity index (χ3n) is 4.51.